The maximum absolute atomic E-state index is 11.7. The van der Waals surface area contributed by atoms with Crippen LogP contribution < -0.4 is 0 Å². The van der Waals surface area contributed by atoms with Gasteiger partial charge in [0.15, 0.2) is 0 Å². The molecule has 1 aliphatic carbocycles. The molecule has 1 aliphatic rings. The summed E-state index contributed by atoms with van der Waals surface area (Å²) >= 11 is 3.54. The average Bonchev–Trinajstić information content (AvgIpc) is 2.19. The molecule has 3 heteroatoms. The zero-order valence-corrected chi connectivity index (χ0v) is 10.6. The standard InChI is InChI=1S/C11H19BrO2/c1-3-14-10(13)11(2,12)9-7-5-4-6-8-9/h9H,3-8H2,1-2H3. The van der Waals surface area contributed by atoms with Crippen molar-refractivity contribution in [2.24, 2.45) is 5.92 Å². The smallest absolute Gasteiger partial charge is 0.322 e. The van der Waals surface area contributed by atoms with Crippen LogP contribution in [0.25, 0.3) is 0 Å². The van der Waals surface area contributed by atoms with Crippen LogP contribution in [0.1, 0.15) is 46.0 Å². The molecule has 0 saturated heterocycles. The first-order valence-corrected chi connectivity index (χ1v) is 6.24. The molecule has 0 radical (unpaired) electrons. The minimum absolute atomic E-state index is 0.105. The van der Waals surface area contributed by atoms with Gasteiger partial charge in [0.1, 0.15) is 4.32 Å². The van der Waals surface area contributed by atoms with E-state index in [0.29, 0.717) is 12.5 Å². The number of halogens is 1. The number of hydrogen-bond acceptors (Lipinski definition) is 2. The number of esters is 1. The van der Waals surface area contributed by atoms with E-state index in [0.717, 1.165) is 12.8 Å². The Bertz CT molecular complexity index is 195. The third-order valence-electron chi connectivity index (χ3n) is 3.05. The molecule has 1 unspecified atom stereocenters. The highest BCUT2D eigenvalue weighted by atomic mass is 79.9. The van der Waals surface area contributed by atoms with Crippen molar-refractivity contribution in [3.8, 4) is 0 Å². The zero-order chi connectivity index (χ0) is 10.6. The number of hydrogen-bond donors (Lipinski definition) is 0. The second-order valence-corrected chi connectivity index (χ2v) is 5.78. The summed E-state index contributed by atoms with van der Waals surface area (Å²) in [7, 11) is 0. The molecule has 2 nitrogen and oxygen atoms in total. The molecule has 1 rings (SSSR count). The van der Waals surface area contributed by atoms with Crippen molar-refractivity contribution >= 4 is 21.9 Å². The van der Waals surface area contributed by atoms with Crippen LogP contribution in [0.5, 0.6) is 0 Å². The molecule has 0 aromatic rings. The molecule has 0 N–H and O–H groups in total. The Morgan fingerprint density at radius 3 is 2.50 bits per heavy atom. The first-order chi connectivity index (χ1) is 6.59. The van der Waals surface area contributed by atoms with Gasteiger partial charge < -0.3 is 4.74 Å². The van der Waals surface area contributed by atoms with E-state index in [4.69, 9.17) is 4.74 Å². The fourth-order valence-electron chi connectivity index (χ4n) is 2.08. The van der Waals surface area contributed by atoms with Crippen LogP contribution in [0.2, 0.25) is 0 Å². The molecule has 1 saturated carbocycles. The van der Waals surface area contributed by atoms with Crippen LogP contribution in [-0.4, -0.2) is 16.9 Å². The van der Waals surface area contributed by atoms with Crippen LogP contribution in [-0.2, 0) is 9.53 Å². The maximum Gasteiger partial charge on any atom is 0.322 e. The van der Waals surface area contributed by atoms with Crippen molar-refractivity contribution < 1.29 is 9.53 Å². The normalized spacial score (nSPS) is 22.8. The van der Waals surface area contributed by atoms with Gasteiger partial charge in [-0.1, -0.05) is 35.2 Å². The quantitative estimate of drug-likeness (QED) is 0.577. The highest BCUT2D eigenvalue weighted by molar-refractivity contribution is 9.10. The summed E-state index contributed by atoms with van der Waals surface area (Å²) in [6.07, 6.45) is 6.07. The SMILES string of the molecule is CCOC(=O)C(C)(Br)C1CCCCC1. The van der Waals surface area contributed by atoms with Gasteiger partial charge in [-0.15, -0.1) is 0 Å². The molecule has 0 aromatic carbocycles. The van der Waals surface area contributed by atoms with Crippen LogP contribution in [0.4, 0.5) is 0 Å². The predicted octanol–water partition coefficient (Wildman–Crippen LogP) is 3.28. The van der Waals surface area contributed by atoms with E-state index >= 15 is 0 Å². The molecule has 0 aromatic heterocycles. The van der Waals surface area contributed by atoms with Gasteiger partial charge in [-0.25, -0.2) is 0 Å². The van der Waals surface area contributed by atoms with Gasteiger partial charge in [0.05, 0.1) is 6.61 Å². The fourth-order valence-corrected chi connectivity index (χ4v) is 2.66. The number of carbonyl (C=O) groups is 1. The summed E-state index contributed by atoms with van der Waals surface area (Å²) in [6.45, 7) is 4.26. The molecule has 14 heavy (non-hydrogen) atoms. The van der Waals surface area contributed by atoms with E-state index in [-0.39, 0.29) is 5.97 Å². The second kappa shape index (κ2) is 5.15. The lowest BCUT2D eigenvalue weighted by Gasteiger charge is -2.33. The highest BCUT2D eigenvalue weighted by Crippen LogP contribution is 2.38. The van der Waals surface area contributed by atoms with Crippen LogP contribution in [0, 0.1) is 5.92 Å². The first kappa shape index (κ1) is 12.0. The Morgan fingerprint density at radius 2 is 2.00 bits per heavy atom. The molecule has 0 spiro atoms. The Hall–Kier alpha value is -0.0500. The van der Waals surface area contributed by atoms with Gasteiger partial charge in [-0.05, 0) is 32.6 Å². The average molecular weight is 263 g/mol. The van der Waals surface area contributed by atoms with Crippen LogP contribution in [0.3, 0.4) is 0 Å². The maximum atomic E-state index is 11.7. The Balaban J connectivity index is 2.57. The number of alkyl halides is 1. The number of carbonyl (C=O) groups excluding carboxylic acids is 1. The number of ether oxygens (including phenoxy) is 1. The fraction of sp³-hybridized carbons (Fsp3) is 0.909. The summed E-state index contributed by atoms with van der Waals surface area (Å²) in [4.78, 5) is 11.7. The van der Waals surface area contributed by atoms with E-state index < -0.39 is 4.32 Å². The van der Waals surface area contributed by atoms with E-state index in [1.807, 2.05) is 13.8 Å². The summed E-state index contributed by atoms with van der Waals surface area (Å²) in [5.74, 6) is 0.335. The molecule has 1 fully saturated rings. The van der Waals surface area contributed by atoms with Gasteiger partial charge in [-0.3, -0.25) is 4.79 Å². The summed E-state index contributed by atoms with van der Waals surface area (Å²) in [5, 5.41) is 0. The van der Waals surface area contributed by atoms with Gasteiger partial charge in [0.25, 0.3) is 0 Å². The lowest BCUT2D eigenvalue weighted by Crippen LogP contribution is -2.39. The molecular weight excluding hydrogens is 244 g/mol. The third-order valence-corrected chi connectivity index (χ3v) is 4.02. The Morgan fingerprint density at radius 1 is 1.43 bits per heavy atom. The van der Waals surface area contributed by atoms with Crippen molar-refractivity contribution in [3.63, 3.8) is 0 Å². The van der Waals surface area contributed by atoms with Crippen molar-refractivity contribution in [2.45, 2.75) is 50.3 Å². The first-order valence-electron chi connectivity index (χ1n) is 5.45. The largest absolute Gasteiger partial charge is 0.465 e. The van der Waals surface area contributed by atoms with E-state index in [1.165, 1.54) is 19.3 Å². The molecule has 0 aliphatic heterocycles. The second-order valence-electron chi connectivity index (χ2n) is 4.13. The van der Waals surface area contributed by atoms with Gasteiger partial charge in [0, 0.05) is 0 Å². The third kappa shape index (κ3) is 2.72. The summed E-state index contributed by atoms with van der Waals surface area (Å²) < 4.78 is 4.61. The highest BCUT2D eigenvalue weighted by Gasteiger charge is 2.40. The van der Waals surface area contributed by atoms with Crippen molar-refractivity contribution in [1.82, 2.24) is 0 Å². The van der Waals surface area contributed by atoms with E-state index in [9.17, 15) is 4.79 Å². The van der Waals surface area contributed by atoms with Crippen LogP contribution >= 0.6 is 15.9 Å². The molecule has 1 atom stereocenters. The molecule has 0 bridgehead atoms. The monoisotopic (exact) mass is 262 g/mol. The molecule has 82 valence electrons. The molecular formula is C11H19BrO2. The molecule has 0 amide bonds. The predicted molar refractivity (Wildman–Crippen MR) is 60.5 cm³/mol. The topological polar surface area (TPSA) is 26.3 Å². The van der Waals surface area contributed by atoms with Crippen molar-refractivity contribution in [2.75, 3.05) is 6.61 Å². The lowest BCUT2D eigenvalue weighted by atomic mass is 9.81. The van der Waals surface area contributed by atoms with Crippen LogP contribution in [0.15, 0.2) is 0 Å². The molecule has 0 heterocycles. The minimum atomic E-state index is -0.469. The Kier molecular flexibility index (Phi) is 4.42. The Labute approximate surface area is 94.5 Å². The minimum Gasteiger partial charge on any atom is -0.465 e. The number of rotatable bonds is 3. The zero-order valence-electron chi connectivity index (χ0n) is 9.01. The van der Waals surface area contributed by atoms with Gasteiger partial charge in [-0.2, -0.15) is 0 Å². The van der Waals surface area contributed by atoms with Crippen molar-refractivity contribution in [3.05, 3.63) is 0 Å². The van der Waals surface area contributed by atoms with Gasteiger partial charge >= 0.3 is 5.97 Å². The summed E-state index contributed by atoms with van der Waals surface area (Å²) in [5.41, 5.74) is 0. The summed E-state index contributed by atoms with van der Waals surface area (Å²) in [6, 6.07) is 0. The lowest BCUT2D eigenvalue weighted by molar-refractivity contribution is -0.147. The van der Waals surface area contributed by atoms with E-state index in [2.05, 4.69) is 15.9 Å². The van der Waals surface area contributed by atoms with Gasteiger partial charge in [0.2, 0.25) is 0 Å². The van der Waals surface area contributed by atoms with E-state index in [1.54, 1.807) is 0 Å². The van der Waals surface area contributed by atoms with Crippen molar-refractivity contribution in [1.29, 1.82) is 0 Å².